The molecule has 0 aromatic carbocycles. The number of ether oxygens (including phenoxy) is 2. The van der Waals surface area contributed by atoms with Crippen LogP contribution in [0.1, 0.15) is 25.5 Å². The number of aromatic nitrogens is 1. The third-order valence-electron chi connectivity index (χ3n) is 3.24. The second-order valence-corrected chi connectivity index (χ2v) is 4.70. The van der Waals surface area contributed by atoms with E-state index in [2.05, 4.69) is 41.2 Å². The minimum atomic E-state index is 0.327. The topological polar surface area (TPSA) is 46.6 Å². The molecule has 0 radical (unpaired) electrons. The van der Waals surface area contributed by atoms with E-state index in [1.807, 2.05) is 6.20 Å². The highest BCUT2D eigenvalue weighted by atomic mass is 16.5. The quantitative estimate of drug-likeness (QED) is 0.709. The summed E-state index contributed by atoms with van der Waals surface area (Å²) in [5, 5.41) is 3.39. The van der Waals surface area contributed by atoms with Gasteiger partial charge in [-0.1, -0.05) is 13.0 Å². The molecule has 1 N–H and O–H groups in total. The van der Waals surface area contributed by atoms with Crippen LogP contribution in [0, 0.1) is 0 Å². The molecule has 0 aliphatic heterocycles. The first-order valence-corrected chi connectivity index (χ1v) is 7.15. The molecule has 1 unspecified atom stereocenters. The zero-order valence-electron chi connectivity index (χ0n) is 13.1. The molecule has 1 aromatic heterocycles. The molecule has 114 valence electrons. The molecule has 0 saturated carbocycles. The van der Waals surface area contributed by atoms with Gasteiger partial charge in [0.15, 0.2) is 0 Å². The standard InChI is InChI=1S/C15H27N3O2/c1-5-16-13(2)14-6-7-15(17-12-14)18(8-10-19-3)9-11-20-4/h6-7,12-13,16H,5,8-11H2,1-4H3. The monoisotopic (exact) mass is 281 g/mol. The van der Waals surface area contributed by atoms with Crippen LogP contribution in [0.4, 0.5) is 5.82 Å². The van der Waals surface area contributed by atoms with Gasteiger partial charge in [-0.15, -0.1) is 0 Å². The van der Waals surface area contributed by atoms with Gasteiger partial charge in [-0.05, 0) is 25.1 Å². The van der Waals surface area contributed by atoms with E-state index < -0.39 is 0 Å². The summed E-state index contributed by atoms with van der Waals surface area (Å²) in [6, 6.07) is 4.52. The summed E-state index contributed by atoms with van der Waals surface area (Å²) >= 11 is 0. The van der Waals surface area contributed by atoms with E-state index in [9.17, 15) is 0 Å². The van der Waals surface area contributed by atoms with Crippen LogP contribution in [0.5, 0.6) is 0 Å². The van der Waals surface area contributed by atoms with E-state index in [0.29, 0.717) is 19.3 Å². The van der Waals surface area contributed by atoms with E-state index in [-0.39, 0.29) is 0 Å². The fraction of sp³-hybridized carbons (Fsp3) is 0.667. The van der Waals surface area contributed by atoms with Gasteiger partial charge in [-0.2, -0.15) is 0 Å². The van der Waals surface area contributed by atoms with Crippen molar-refractivity contribution in [3.05, 3.63) is 23.9 Å². The maximum Gasteiger partial charge on any atom is 0.128 e. The van der Waals surface area contributed by atoms with Crippen molar-refractivity contribution in [3.8, 4) is 0 Å². The van der Waals surface area contributed by atoms with Crippen molar-refractivity contribution in [3.63, 3.8) is 0 Å². The molecule has 0 fully saturated rings. The SMILES string of the molecule is CCNC(C)c1ccc(N(CCOC)CCOC)nc1. The number of anilines is 1. The number of rotatable bonds is 10. The highest BCUT2D eigenvalue weighted by Gasteiger charge is 2.09. The lowest BCUT2D eigenvalue weighted by Gasteiger charge is -2.23. The Labute approximate surface area is 122 Å². The molecule has 0 aliphatic carbocycles. The molecule has 0 bridgehead atoms. The molecular weight excluding hydrogens is 254 g/mol. The van der Waals surface area contributed by atoms with E-state index in [4.69, 9.17) is 9.47 Å². The Hall–Kier alpha value is -1.17. The third kappa shape index (κ3) is 5.45. The van der Waals surface area contributed by atoms with Gasteiger partial charge in [0.25, 0.3) is 0 Å². The predicted octanol–water partition coefficient (Wildman–Crippen LogP) is 1.85. The van der Waals surface area contributed by atoms with Gasteiger partial charge in [0.05, 0.1) is 13.2 Å². The van der Waals surface area contributed by atoms with Crippen molar-refractivity contribution >= 4 is 5.82 Å². The third-order valence-corrected chi connectivity index (χ3v) is 3.24. The molecule has 0 spiro atoms. The Balaban J connectivity index is 2.70. The van der Waals surface area contributed by atoms with Crippen molar-refractivity contribution in [1.29, 1.82) is 0 Å². The van der Waals surface area contributed by atoms with Gasteiger partial charge in [0.2, 0.25) is 0 Å². The molecular formula is C15H27N3O2. The van der Waals surface area contributed by atoms with E-state index in [1.54, 1.807) is 14.2 Å². The summed E-state index contributed by atoms with van der Waals surface area (Å²) in [7, 11) is 3.42. The second-order valence-electron chi connectivity index (χ2n) is 4.70. The van der Waals surface area contributed by atoms with E-state index in [0.717, 1.165) is 25.5 Å². The molecule has 1 aromatic rings. The molecule has 0 amide bonds. The van der Waals surface area contributed by atoms with Gasteiger partial charge >= 0.3 is 0 Å². The Morgan fingerprint density at radius 3 is 2.30 bits per heavy atom. The smallest absolute Gasteiger partial charge is 0.128 e. The number of nitrogens with one attached hydrogen (secondary N) is 1. The normalized spacial score (nSPS) is 12.4. The number of methoxy groups -OCH3 is 2. The lowest BCUT2D eigenvalue weighted by Crippen LogP contribution is -2.31. The molecule has 1 heterocycles. The second kappa shape index (κ2) is 9.69. The lowest BCUT2D eigenvalue weighted by atomic mass is 10.1. The van der Waals surface area contributed by atoms with Crippen LogP contribution in [-0.2, 0) is 9.47 Å². The van der Waals surface area contributed by atoms with Gasteiger partial charge in [-0.25, -0.2) is 4.98 Å². The fourth-order valence-corrected chi connectivity index (χ4v) is 2.01. The van der Waals surface area contributed by atoms with Crippen molar-refractivity contribution in [2.75, 3.05) is 52.0 Å². The summed E-state index contributed by atoms with van der Waals surface area (Å²) in [6.45, 7) is 8.20. The first kappa shape index (κ1) is 16.9. The minimum absolute atomic E-state index is 0.327. The summed E-state index contributed by atoms with van der Waals surface area (Å²) in [5.41, 5.74) is 1.20. The first-order chi connectivity index (χ1) is 9.72. The number of hydrogen-bond donors (Lipinski definition) is 1. The molecule has 0 saturated heterocycles. The van der Waals surface area contributed by atoms with Crippen LogP contribution in [0.15, 0.2) is 18.3 Å². The summed E-state index contributed by atoms with van der Waals surface area (Å²) < 4.78 is 10.3. The highest BCUT2D eigenvalue weighted by molar-refractivity contribution is 5.39. The van der Waals surface area contributed by atoms with Gasteiger partial charge in [-0.3, -0.25) is 0 Å². The van der Waals surface area contributed by atoms with Crippen molar-refractivity contribution in [2.45, 2.75) is 19.9 Å². The van der Waals surface area contributed by atoms with E-state index >= 15 is 0 Å². The maximum atomic E-state index is 5.15. The summed E-state index contributed by atoms with van der Waals surface area (Å²) in [6.07, 6.45) is 1.94. The highest BCUT2D eigenvalue weighted by Crippen LogP contribution is 2.16. The molecule has 20 heavy (non-hydrogen) atoms. The Kier molecular flexibility index (Phi) is 8.18. The van der Waals surface area contributed by atoms with Crippen molar-refractivity contribution in [2.24, 2.45) is 0 Å². The Bertz CT molecular complexity index is 349. The van der Waals surface area contributed by atoms with Gasteiger partial charge in [0, 0.05) is 39.5 Å². The van der Waals surface area contributed by atoms with Crippen LogP contribution >= 0.6 is 0 Å². The number of pyridine rings is 1. The average molecular weight is 281 g/mol. The Morgan fingerprint density at radius 2 is 1.85 bits per heavy atom. The first-order valence-electron chi connectivity index (χ1n) is 7.15. The van der Waals surface area contributed by atoms with Crippen LogP contribution in [0.25, 0.3) is 0 Å². The van der Waals surface area contributed by atoms with Crippen LogP contribution in [-0.4, -0.2) is 52.1 Å². The van der Waals surface area contributed by atoms with E-state index in [1.165, 1.54) is 5.56 Å². The van der Waals surface area contributed by atoms with Crippen LogP contribution in [0.3, 0.4) is 0 Å². The number of hydrogen-bond acceptors (Lipinski definition) is 5. The van der Waals surface area contributed by atoms with Gasteiger partial charge in [0.1, 0.15) is 5.82 Å². The molecule has 5 heteroatoms. The Morgan fingerprint density at radius 1 is 1.20 bits per heavy atom. The predicted molar refractivity (Wildman–Crippen MR) is 82.3 cm³/mol. The molecule has 1 atom stereocenters. The largest absolute Gasteiger partial charge is 0.383 e. The lowest BCUT2D eigenvalue weighted by molar-refractivity contribution is 0.190. The zero-order chi connectivity index (χ0) is 14.8. The molecule has 5 nitrogen and oxygen atoms in total. The fourth-order valence-electron chi connectivity index (χ4n) is 2.01. The number of nitrogens with zero attached hydrogens (tertiary/aromatic N) is 2. The van der Waals surface area contributed by atoms with Crippen molar-refractivity contribution < 1.29 is 9.47 Å². The van der Waals surface area contributed by atoms with Crippen LogP contribution in [0.2, 0.25) is 0 Å². The van der Waals surface area contributed by atoms with Crippen molar-refractivity contribution in [1.82, 2.24) is 10.3 Å². The van der Waals surface area contributed by atoms with Crippen LogP contribution < -0.4 is 10.2 Å². The zero-order valence-corrected chi connectivity index (χ0v) is 13.1. The maximum absolute atomic E-state index is 5.15. The molecule has 0 aliphatic rings. The molecule has 1 rings (SSSR count). The van der Waals surface area contributed by atoms with Gasteiger partial charge < -0.3 is 19.7 Å². The summed E-state index contributed by atoms with van der Waals surface area (Å²) in [4.78, 5) is 6.74. The average Bonchev–Trinajstić information content (AvgIpc) is 2.48. The minimum Gasteiger partial charge on any atom is -0.383 e. The summed E-state index contributed by atoms with van der Waals surface area (Å²) in [5.74, 6) is 0.964.